The van der Waals surface area contributed by atoms with E-state index >= 15 is 0 Å². The standard InChI is InChI=1S/C13H14O2/c1-2-11-8-5-7-10-6-3-4-9-12(10)13(14)15-11/h3-4,6,8-9H,2,5,7H2,1H3/b11-8+. The first-order valence-electron chi connectivity index (χ1n) is 5.30. The molecule has 0 atom stereocenters. The number of aryl methyl sites for hydroxylation is 1. The van der Waals surface area contributed by atoms with Gasteiger partial charge < -0.3 is 4.74 Å². The van der Waals surface area contributed by atoms with Gasteiger partial charge in [-0.25, -0.2) is 4.79 Å². The van der Waals surface area contributed by atoms with Crippen LogP contribution in [-0.4, -0.2) is 5.97 Å². The van der Waals surface area contributed by atoms with Crippen LogP contribution in [0.25, 0.3) is 0 Å². The molecule has 0 amide bonds. The molecule has 1 aliphatic rings. The Labute approximate surface area is 89.6 Å². The second kappa shape index (κ2) is 4.30. The van der Waals surface area contributed by atoms with Gasteiger partial charge in [-0.1, -0.05) is 25.1 Å². The minimum absolute atomic E-state index is 0.224. The summed E-state index contributed by atoms with van der Waals surface area (Å²) in [6.45, 7) is 1.99. The number of allylic oxidation sites excluding steroid dienone is 2. The molecule has 1 aromatic carbocycles. The lowest BCUT2D eigenvalue weighted by molar-refractivity contribution is 0.0611. The fraction of sp³-hybridized carbons (Fsp3) is 0.308. The van der Waals surface area contributed by atoms with E-state index in [2.05, 4.69) is 0 Å². The molecule has 15 heavy (non-hydrogen) atoms. The van der Waals surface area contributed by atoms with Crippen LogP contribution >= 0.6 is 0 Å². The van der Waals surface area contributed by atoms with E-state index in [1.165, 1.54) is 0 Å². The molecule has 0 N–H and O–H groups in total. The summed E-state index contributed by atoms with van der Waals surface area (Å²) in [5.41, 5.74) is 1.78. The molecular weight excluding hydrogens is 188 g/mol. The van der Waals surface area contributed by atoms with Gasteiger partial charge in [-0.05, 0) is 30.5 Å². The molecule has 1 aliphatic heterocycles. The average molecular weight is 202 g/mol. The first kappa shape index (κ1) is 9.97. The first-order valence-corrected chi connectivity index (χ1v) is 5.30. The summed E-state index contributed by atoms with van der Waals surface area (Å²) in [5.74, 6) is 0.563. The predicted octanol–water partition coefficient (Wildman–Crippen LogP) is 3.08. The number of carbonyl (C=O) groups excluding carboxylic acids is 1. The van der Waals surface area contributed by atoms with Crippen molar-refractivity contribution in [3.63, 3.8) is 0 Å². The largest absolute Gasteiger partial charge is 0.428 e. The van der Waals surface area contributed by atoms with Gasteiger partial charge in [-0.15, -0.1) is 0 Å². The Hall–Kier alpha value is -1.57. The Kier molecular flexibility index (Phi) is 2.86. The lowest BCUT2D eigenvalue weighted by atomic mass is 10.0. The number of cyclic esters (lactones) is 1. The second-order valence-electron chi connectivity index (χ2n) is 3.61. The van der Waals surface area contributed by atoms with Gasteiger partial charge in [0.05, 0.1) is 5.56 Å². The van der Waals surface area contributed by atoms with Crippen LogP contribution in [0.3, 0.4) is 0 Å². The highest BCUT2D eigenvalue weighted by Crippen LogP contribution is 2.19. The smallest absolute Gasteiger partial charge is 0.343 e. The highest BCUT2D eigenvalue weighted by molar-refractivity contribution is 5.91. The summed E-state index contributed by atoms with van der Waals surface area (Å²) in [6, 6.07) is 7.65. The average Bonchev–Trinajstić information content (AvgIpc) is 2.25. The minimum Gasteiger partial charge on any atom is -0.428 e. The quantitative estimate of drug-likeness (QED) is 0.654. The maximum Gasteiger partial charge on any atom is 0.343 e. The molecule has 0 aromatic heterocycles. The highest BCUT2D eigenvalue weighted by atomic mass is 16.5. The Morgan fingerprint density at radius 3 is 2.93 bits per heavy atom. The number of hydrogen-bond donors (Lipinski definition) is 0. The van der Waals surface area contributed by atoms with Crippen molar-refractivity contribution in [2.24, 2.45) is 0 Å². The molecule has 0 unspecified atom stereocenters. The number of fused-ring (bicyclic) bond motifs is 1. The zero-order chi connectivity index (χ0) is 10.7. The zero-order valence-electron chi connectivity index (χ0n) is 8.82. The van der Waals surface area contributed by atoms with Gasteiger partial charge in [-0.2, -0.15) is 0 Å². The molecule has 1 heterocycles. The van der Waals surface area contributed by atoms with Crippen LogP contribution < -0.4 is 0 Å². The number of benzene rings is 1. The molecule has 0 fully saturated rings. The fourth-order valence-electron chi connectivity index (χ4n) is 1.76. The van der Waals surface area contributed by atoms with Crippen molar-refractivity contribution in [1.82, 2.24) is 0 Å². The maximum atomic E-state index is 11.8. The number of ether oxygens (including phenoxy) is 1. The summed E-state index contributed by atoms with van der Waals surface area (Å²) in [7, 11) is 0. The summed E-state index contributed by atoms with van der Waals surface area (Å²) < 4.78 is 5.29. The van der Waals surface area contributed by atoms with E-state index in [1.54, 1.807) is 0 Å². The van der Waals surface area contributed by atoms with Crippen molar-refractivity contribution in [2.45, 2.75) is 26.2 Å². The molecule has 2 rings (SSSR count). The second-order valence-corrected chi connectivity index (χ2v) is 3.61. The molecule has 2 nitrogen and oxygen atoms in total. The molecule has 1 aromatic rings. The lowest BCUT2D eigenvalue weighted by Gasteiger charge is -2.13. The van der Waals surface area contributed by atoms with Gasteiger partial charge >= 0.3 is 5.97 Å². The van der Waals surface area contributed by atoms with Crippen LogP contribution in [0.2, 0.25) is 0 Å². The third kappa shape index (κ3) is 2.09. The molecule has 0 spiro atoms. The van der Waals surface area contributed by atoms with Crippen LogP contribution in [0.15, 0.2) is 36.1 Å². The SMILES string of the molecule is CC/C1=C\CCc2ccccc2C(=O)O1. The monoisotopic (exact) mass is 202 g/mol. The minimum atomic E-state index is -0.224. The molecule has 0 saturated carbocycles. The van der Waals surface area contributed by atoms with E-state index < -0.39 is 0 Å². The molecular formula is C13H14O2. The predicted molar refractivity (Wildman–Crippen MR) is 58.6 cm³/mol. The van der Waals surface area contributed by atoms with Crippen LogP contribution in [-0.2, 0) is 11.2 Å². The van der Waals surface area contributed by atoms with E-state index in [9.17, 15) is 4.79 Å². The van der Waals surface area contributed by atoms with Crippen molar-refractivity contribution >= 4 is 5.97 Å². The number of esters is 1. The molecule has 78 valence electrons. The Morgan fingerprint density at radius 1 is 1.33 bits per heavy atom. The molecule has 0 saturated heterocycles. The van der Waals surface area contributed by atoms with Crippen molar-refractivity contribution in [2.75, 3.05) is 0 Å². The number of hydrogen-bond acceptors (Lipinski definition) is 2. The number of carbonyl (C=O) groups is 1. The van der Waals surface area contributed by atoms with E-state index in [0.717, 1.165) is 30.6 Å². The van der Waals surface area contributed by atoms with Crippen molar-refractivity contribution in [3.8, 4) is 0 Å². The third-order valence-electron chi connectivity index (χ3n) is 2.60. The van der Waals surface area contributed by atoms with Crippen LogP contribution in [0.1, 0.15) is 35.7 Å². The fourth-order valence-corrected chi connectivity index (χ4v) is 1.76. The van der Waals surface area contributed by atoms with Gasteiger partial charge in [0.2, 0.25) is 0 Å². The van der Waals surface area contributed by atoms with Crippen molar-refractivity contribution < 1.29 is 9.53 Å². The third-order valence-corrected chi connectivity index (χ3v) is 2.60. The van der Waals surface area contributed by atoms with E-state index in [4.69, 9.17) is 4.74 Å². The Morgan fingerprint density at radius 2 is 2.13 bits per heavy atom. The van der Waals surface area contributed by atoms with Gasteiger partial charge in [-0.3, -0.25) is 0 Å². The topological polar surface area (TPSA) is 26.3 Å². The van der Waals surface area contributed by atoms with Gasteiger partial charge in [0, 0.05) is 6.42 Å². The summed E-state index contributed by atoms with van der Waals surface area (Å²) in [5, 5.41) is 0. The highest BCUT2D eigenvalue weighted by Gasteiger charge is 2.15. The summed E-state index contributed by atoms with van der Waals surface area (Å²) in [4.78, 5) is 11.8. The summed E-state index contributed by atoms with van der Waals surface area (Å²) in [6.07, 6.45) is 4.63. The van der Waals surface area contributed by atoms with Gasteiger partial charge in [0.15, 0.2) is 0 Å². The van der Waals surface area contributed by atoms with Crippen molar-refractivity contribution in [3.05, 3.63) is 47.2 Å². The van der Waals surface area contributed by atoms with E-state index in [-0.39, 0.29) is 5.97 Å². The van der Waals surface area contributed by atoms with Crippen molar-refractivity contribution in [1.29, 1.82) is 0 Å². The van der Waals surface area contributed by atoms with Crippen LogP contribution in [0, 0.1) is 0 Å². The summed E-state index contributed by atoms with van der Waals surface area (Å²) >= 11 is 0. The number of rotatable bonds is 1. The molecule has 0 aliphatic carbocycles. The van der Waals surface area contributed by atoms with Crippen LogP contribution in [0.5, 0.6) is 0 Å². The Balaban J connectivity index is 2.34. The lowest BCUT2D eigenvalue weighted by Crippen LogP contribution is -2.10. The molecule has 0 radical (unpaired) electrons. The molecule has 2 heteroatoms. The Bertz CT molecular complexity index is 405. The molecule has 0 bridgehead atoms. The normalized spacial score (nSPS) is 19.3. The van der Waals surface area contributed by atoms with Crippen LogP contribution in [0.4, 0.5) is 0 Å². The van der Waals surface area contributed by atoms with Gasteiger partial charge in [0.25, 0.3) is 0 Å². The van der Waals surface area contributed by atoms with E-state index in [1.807, 2.05) is 37.3 Å². The maximum absolute atomic E-state index is 11.8. The zero-order valence-corrected chi connectivity index (χ0v) is 8.82. The van der Waals surface area contributed by atoms with Gasteiger partial charge in [0.1, 0.15) is 5.76 Å². The van der Waals surface area contributed by atoms with E-state index in [0.29, 0.717) is 5.56 Å². The first-order chi connectivity index (χ1) is 7.31.